The smallest absolute Gasteiger partial charge is 0.119 e. The Kier molecular flexibility index (Phi) is 5.77. The van der Waals surface area contributed by atoms with E-state index in [9.17, 15) is 5.11 Å². The van der Waals surface area contributed by atoms with E-state index in [0.29, 0.717) is 5.75 Å². The molecular formula is C18H25OP. The summed E-state index contributed by atoms with van der Waals surface area (Å²) in [5.41, 5.74) is 7.67. The third kappa shape index (κ3) is 3.41. The molecule has 20 heavy (non-hydrogen) atoms. The summed E-state index contributed by atoms with van der Waals surface area (Å²) in [6, 6.07) is 10.3. The number of phenolic OH excluding ortho intramolecular Hbond substituents is 1. The fourth-order valence-electron chi connectivity index (χ4n) is 2.87. The first kappa shape index (κ1) is 16.7. The molecule has 0 fully saturated rings. The predicted molar refractivity (Wildman–Crippen MR) is 92.0 cm³/mol. The van der Waals surface area contributed by atoms with Crippen molar-refractivity contribution in [1.29, 1.82) is 0 Å². The summed E-state index contributed by atoms with van der Waals surface area (Å²) in [6.07, 6.45) is 1.77. The van der Waals surface area contributed by atoms with Crippen LogP contribution in [0.3, 0.4) is 0 Å². The third-order valence-electron chi connectivity index (χ3n) is 3.81. The lowest BCUT2D eigenvalue weighted by Gasteiger charge is -2.14. The molecule has 0 radical (unpaired) electrons. The van der Waals surface area contributed by atoms with E-state index in [1.165, 1.54) is 27.8 Å². The van der Waals surface area contributed by atoms with Crippen molar-refractivity contribution in [3.05, 3.63) is 63.7 Å². The average molecular weight is 288 g/mol. The number of phenols is 1. The highest BCUT2D eigenvalue weighted by molar-refractivity contribution is 6.92. The number of aromatic hydroxyl groups is 1. The van der Waals surface area contributed by atoms with Gasteiger partial charge in [-0.3, -0.25) is 0 Å². The van der Waals surface area contributed by atoms with E-state index >= 15 is 0 Å². The second-order valence-electron chi connectivity index (χ2n) is 5.32. The molecule has 0 aliphatic rings. The van der Waals surface area contributed by atoms with Gasteiger partial charge < -0.3 is 5.11 Å². The zero-order valence-corrected chi connectivity index (χ0v) is 14.4. The Morgan fingerprint density at radius 2 is 1.55 bits per heavy atom. The van der Waals surface area contributed by atoms with Gasteiger partial charge in [0.1, 0.15) is 5.75 Å². The van der Waals surface area contributed by atoms with E-state index in [1.807, 2.05) is 6.07 Å². The number of aryl methyl sites for hydroxylation is 3. The zero-order valence-electron chi connectivity index (χ0n) is 13.0. The van der Waals surface area contributed by atoms with E-state index in [4.69, 9.17) is 0 Å². The SMILES string of the molecule is CCc1c(O)cccc1Cc1c(C)cc(C)cc1C.P. The third-order valence-corrected chi connectivity index (χ3v) is 3.81. The fraction of sp³-hybridized carbons (Fsp3) is 0.333. The summed E-state index contributed by atoms with van der Waals surface area (Å²) in [6.45, 7) is 8.57. The van der Waals surface area contributed by atoms with Gasteiger partial charge >= 0.3 is 0 Å². The normalized spacial score (nSPS) is 10.2. The average Bonchev–Trinajstić information content (AvgIpc) is 2.34. The molecule has 2 heteroatoms. The molecule has 0 heterocycles. The lowest BCUT2D eigenvalue weighted by atomic mass is 9.91. The van der Waals surface area contributed by atoms with E-state index < -0.39 is 0 Å². The number of rotatable bonds is 3. The van der Waals surface area contributed by atoms with E-state index in [0.717, 1.165) is 18.4 Å². The Bertz CT molecular complexity index is 579. The molecule has 2 aromatic carbocycles. The molecule has 0 bridgehead atoms. The van der Waals surface area contributed by atoms with Crippen molar-refractivity contribution in [2.24, 2.45) is 0 Å². The van der Waals surface area contributed by atoms with Crippen LogP contribution in [0.5, 0.6) is 5.75 Å². The minimum Gasteiger partial charge on any atom is -0.508 e. The zero-order chi connectivity index (χ0) is 14.0. The number of benzene rings is 2. The second-order valence-corrected chi connectivity index (χ2v) is 5.32. The highest BCUT2D eigenvalue weighted by Gasteiger charge is 2.10. The molecule has 2 aromatic rings. The number of hydrogen-bond acceptors (Lipinski definition) is 1. The van der Waals surface area contributed by atoms with Crippen molar-refractivity contribution < 1.29 is 5.11 Å². The van der Waals surface area contributed by atoms with Crippen LogP contribution in [-0.4, -0.2) is 5.11 Å². The highest BCUT2D eigenvalue weighted by Crippen LogP contribution is 2.26. The second kappa shape index (κ2) is 6.90. The van der Waals surface area contributed by atoms with Crippen LogP contribution in [0.15, 0.2) is 30.3 Å². The molecule has 2 rings (SSSR count). The van der Waals surface area contributed by atoms with Crippen molar-refractivity contribution in [1.82, 2.24) is 0 Å². The van der Waals surface area contributed by atoms with Gasteiger partial charge in [-0.1, -0.05) is 36.8 Å². The largest absolute Gasteiger partial charge is 0.508 e. The molecule has 1 N–H and O–H groups in total. The van der Waals surface area contributed by atoms with E-state index in [-0.39, 0.29) is 9.90 Å². The molecule has 0 aliphatic heterocycles. The van der Waals surface area contributed by atoms with Gasteiger partial charge in [0.15, 0.2) is 0 Å². The van der Waals surface area contributed by atoms with Gasteiger partial charge in [0.2, 0.25) is 0 Å². The van der Waals surface area contributed by atoms with E-state index in [2.05, 4.69) is 45.9 Å². The fourth-order valence-corrected chi connectivity index (χ4v) is 2.87. The van der Waals surface area contributed by atoms with Gasteiger partial charge in [0.05, 0.1) is 0 Å². The van der Waals surface area contributed by atoms with Crippen molar-refractivity contribution in [2.45, 2.75) is 40.5 Å². The summed E-state index contributed by atoms with van der Waals surface area (Å²) in [4.78, 5) is 0. The van der Waals surface area contributed by atoms with Gasteiger partial charge in [-0.15, -0.1) is 0 Å². The van der Waals surface area contributed by atoms with Crippen molar-refractivity contribution in [3.63, 3.8) is 0 Å². The van der Waals surface area contributed by atoms with Crippen LogP contribution in [0.4, 0.5) is 0 Å². The summed E-state index contributed by atoms with van der Waals surface area (Å²) in [5.74, 6) is 0.419. The Hall–Kier alpha value is -1.33. The van der Waals surface area contributed by atoms with Crippen LogP contribution in [0.1, 0.15) is 40.3 Å². The molecular weight excluding hydrogens is 263 g/mol. The minimum atomic E-state index is 0. The molecule has 0 saturated heterocycles. The minimum absolute atomic E-state index is 0. The highest BCUT2D eigenvalue weighted by atomic mass is 31.0. The van der Waals surface area contributed by atoms with Crippen molar-refractivity contribution in [3.8, 4) is 5.75 Å². The summed E-state index contributed by atoms with van der Waals surface area (Å²) in [7, 11) is 0. The van der Waals surface area contributed by atoms with Crippen molar-refractivity contribution >= 4 is 9.90 Å². The van der Waals surface area contributed by atoms with Crippen molar-refractivity contribution in [2.75, 3.05) is 0 Å². The van der Waals surface area contributed by atoms with Crippen LogP contribution in [0.25, 0.3) is 0 Å². The Morgan fingerprint density at radius 1 is 0.950 bits per heavy atom. The molecule has 108 valence electrons. The van der Waals surface area contributed by atoms with Crippen LogP contribution < -0.4 is 0 Å². The summed E-state index contributed by atoms with van der Waals surface area (Å²) in [5, 5.41) is 9.95. The van der Waals surface area contributed by atoms with Crippen LogP contribution in [-0.2, 0) is 12.8 Å². The predicted octanol–water partition coefficient (Wildman–Crippen LogP) is 4.53. The molecule has 0 aromatic heterocycles. The van der Waals surface area contributed by atoms with Crippen LogP contribution in [0.2, 0.25) is 0 Å². The maximum atomic E-state index is 9.95. The van der Waals surface area contributed by atoms with E-state index in [1.54, 1.807) is 6.07 Å². The first-order valence-electron chi connectivity index (χ1n) is 6.89. The maximum absolute atomic E-state index is 9.95. The van der Waals surface area contributed by atoms with Gasteiger partial charge in [-0.25, -0.2) is 0 Å². The van der Waals surface area contributed by atoms with Gasteiger partial charge in [-0.2, -0.15) is 9.90 Å². The number of hydrogen-bond donors (Lipinski definition) is 1. The lowest BCUT2D eigenvalue weighted by Crippen LogP contribution is -2.00. The Labute approximate surface area is 125 Å². The molecule has 1 atom stereocenters. The standard InChI is InChI=1S/C18H22O.H3P/c1-5-16-15(7-6-8-18(16)19)11-17-13(3)9-12(2)10-14(17)4;/h6-10,19H,5,11H2,1-4H3;1H3. The van der Waals surface area contributed by atoms with Crippen LogP contribution >= 0.6 is 9.90 Å². The van der Waals surface area contributed by atoms with Gasteiger partial charge in [0, 0.05) is 0 Å². The molecule has 0 aliphatic carbocycles. The first-order chi connectivity index (χ1) is 9.02. The molecule has 0 saturated carbocycles. The summed E-state index contributed by atoms with van der Waals surface area (Å²) >= 11 is 0. The van der Waals surface area contributed by atoms with Crippen LogP contribution in [0, 0.1) is 20.8 Å². The maximum Gasteiger partial charge on any atom is 0.119 e. The Balaban J connectivity index is 0.00000200. The Morgan fingerprint density at radius 3 is 2.10 bits per heavy atom. The summed E-state index contributed by atoms with van der Waals surface area (Å²) < 4.78 is 0. The molecule has 1 nitrogen and oxygen atoms in total. The lowest BCUT2D eigenvalue weighted by molar-refractivity contribution is 0.468. The quantitative estimate of drug-likeness (QED) is 0.823. The molecule has 0 amide bonds. The van der Waals surface area contributed by atoms with Gasteiger partial charge in [0.25, 0.3) is 0 Å². The molecule has 1 unspecified atom stereocenters. The van der Waals surface area contributed by atoms with Gasteiger partial charge in [-0.05, 0) is 67.5 Å². The monoisotopic (exact) mass is 288 g/mol. The first-order valence-corrected chi connectivity index (χ1v) is 6.89. The topological polar surface area (TPSA) is 20.2 Å². The molecule has 0 spiro atoms.